The highest BCUT2D eigenvalue weighted by Gasteiger charge is 2.37. The van der Waals surface area contributed by atoms with Crippen molar-refractivity contribution in [1.82, 2.24) is 10.2 Å². The third kappa shape index (κ3) is 2.28. The van der Waals surface area contributed by atoms with Crippen LogP contribution < -0.4 is 5.32 Å². The fourth-order valence-corrected chi connectivity index (χ4v) is 1.81. The lowest BCUT2D eigenvalue weighted by Crippen LogP contribution is -2.49. The molecule has 2 rings (SSSR count). The Kier molecular flexibility index (Phi) is 2.78. The zero-order valence-corrected chi connectivity index (χ0v) is 9.78. The Bertz CT molecular complexity index is 310. The van der Waals surface area contributed by atoms with Gasteiger partial charge in [0.15, 0.2) is 0 Å². The van der Waals surface area contributed by atoms with Gasteiger partial charge in [0.1, 0.15) is 6.61 Å². The molecule has 0 aromatic carbocycles. The lowest BCUT2D eigenvalue weighted by atomic mass is 10.1. The molecule has 2 amide bonds. The third-order valence-corrected chi connectivity index (χ3v) is 3.07. The number of esters is 1. The van der Waals surface area contributed by atoms with Crippen molar-refractivity contribution in [3.63, 3.8) is 0 Å². The van der Waals surface area contributed by atoms with Gasteiger partial charge in [-0.1, -0.05) is 0 Å². The number of urea groups is 1. The van der Waals surface area contributed by atoms with E-state index in [2.05, 4.69) is 5.32 Å². The molecule has 0 spiro atoms. The standard InChI is InChI=1S/C11H18N2O3/c1-11(2,13-6-5-12-10(13)15)7-16-9(14)8-3-4-8/h8H,3-7H2,1-2H3,(H,12,15). The number of hydrogen-bond acceptors (Lipinski definition) is 3. The molecule has 1 saturated carbocycles. The quantitative estimate of drug-likeness (QED) is 0.719. The van der Waals surface area contributed by atoms with Crippen molar-refractivity contribution >= 4 is 12.0 Å². The van der Waals surface area contributed by atoms with Gasteiger partial charge in [0.05, 0.1) is 11.5 Å². The summed E-state index contributed by atoms with van der Waals surface area (Å²) in [6.07, 6.45) is 1.90. The molecular formula is C11H18N2O3. The first-order valence-corrected chi connectivity index (χ1v) is 5.73. The number of ether oxygens (including phenoxy) is 1. The molecule has 1 saturated heterocycles. The first-order valence-electron chi connectivity index (χ1n) is 5.73. The van der Waals surface area contributed by atoms with Crippen LogP contribution in [0.4, 0.5) is 4.79 Å². The monoisotopic (exact) mass is 226 g/mol. The molecule has 1 aliphatic carbocycles. The van der Waals surface area contributed by atoms with Gasteiger partial charge in [-0.25, -0.2) is 4.79 Å². The Balaban J connectivity index is 1.86. The smallest absolute Gasteiger partial charge is 0.318 e. The maximum atomic E-state index is 11.5. The van der Waals surface area contributed by atoms with Gasteiger partial charge in [-0.15, -0.1) is 0 Å². The highest BCUT2D eigenvalue weighted by atomic mass is 16.5. The van der Waals surface area contributed by atoms with E-state index in [9.17, 15) is 9.59 Å². The molecule has 0 unspecified atom stereocenters. The van der Waals surface area contributed by atoms with Crippen LogP contribution in [0.3, 0.4) is 0 Å². The molecule has 0 bridgehead atoms. The number of nitrogens with one attached hydrogen (secondary N) is 1. The van der Waals surface area contributed by atoms with Gasteiger partial charge < -0.3 is 15.0 Å². The summed E-state index contributed by atoms with van der Waals surface area (Å²) in [5.41, 5.74) is -0.425. The Labute approximate surface area is 95.1 Å². The van der Waals surface area contributed by atoms with Crippen LogP contribution in [0.2, 0.25) is 0 Å². The first kappa shape index (κ1) is 11.2. The van der Waals surface area contributed by atoms with Gasteiger partial charge in [-0.3, -0.25) is 4.79 Å². The largest absolute Gasteiger partial charge is 0.463 e. The zero-order chi connectivity index (χ0) is 11.8. The highest BCUT2D eigenvalue weighted by molar-refractivity contribution is 5.77. The van der Waals surface area contributed by atoms with Crippen molar-refractivity contribution in [3.05, 3.63) is 0 Å². The normalized spacial score (nSPS) is 20.9. The Morgan fingerprint density at radius 3 is 2.75 bits per heavy atom. The van der Waals surface area contributed by atoms with E-state index in [1.165, 1.54) is 0 Å². The third-order valence-electron chi connectivity index (χ3n) is 3.07. The minimum atomic E-state index is -0.425. The van der Waals surface area contributed by atoms with Gasteiger partial charge in [-0.05, 0) is 26.7 Å². The number of nitrogens with zero attached hydrogens (tertiary/aromatic N) is 1. The molecule has 2 fully saturated rings. The van der Waals surface area contributed by atoms with Crippen molar-refractivity contribution < 1.29 is 14.3 Å². The molecule has 5 heteroatoms. The lowest BCUT2D eigenvalue weighted by Gasteiger charge is -2.33. The van der Waals surface area contributed by atoms with Gasteiger partial charge >= 0.3 is 12.0 Å². The summed E-state index contributed by atoms with van der Waals surface area (Å²) < 4.78 is 5.23. The van der Waals surface area contributed by atoms with Crippen molar-refractivity contribution in [2.75, 3.05) is 19.7 Å². The van der Waals surface area contributed by atoms with Gasteiger partial charge in [0.2, 0.25) is 0 Å². The van der Waals surface area contributed by atoms with Crippen LogP contribution in [-0.4, -0.2) is 42.1 Å². The zero-order valence-electron chi connectivity index (χ0n) is 9.78. The van der Waals surface area contributed by atoms with E-state index in [-0.39, 0.29) is 24.5 Å². The number of amides is 2. The second-order valence-corrected chi connectivity index (χ2v) is 5.08. The lowest BCUT2D eigenvalue weighted by molar-refractivity contribution is -0.148. The average Bonchev–Trinajstić information content (AvgIpc) is 2.98. The summed E-state index contributed by atoms with van der Waals surface area (Å²) in [6.45, 7) is 5.44. The van der Waals surface area contributed by atoms with Crippen LogP contribution in [0.15, 0.2) is 0 Å². The fraction of sp³-hybridized carbons (Fsp3) is 0.818. The molecule has 2 aliphatic rings. The summed E-state index contributed by atoms with van der Waals surface area (Å²) in [5.74, 6) is -0.00381. The van der Waals surface area contributed by atoms with Crippen molar-refractivity contribution in [3.8, 4) is 0 Å². The van der Waals surface area contributed by atoms with E-state index in [0.717, 1.165) is 12.8 Å². The molecule has 0 radical (unpaired) electrons. The molecule has 0 atom stereocenters. The van der Waals surface area contributed by atoms with Crippen molar-refractivity contribution in [2.45, 2.75) is 32.2 Å². The molecule has 0 aromatic rings. The van der Waals surface area contributed by atoms with Gasteiger partial charge in [-0.2, -0.15) is 0 Å². The predicted octanol–water partition coefficient (Wildman–Crippen LogP) is 0.743. The van der Waals surface area contributed by atoms with E-state index in [1.54, 1.807) is 4.90 Å². The van der Waals surface area contributed by atoms with E-state index in [1.807, 2.05) is 13.8 Å². The average molecular weight is 226 g/mol. The summed E-state index contributed by atoms with van der Waals surface area (Å²) in [4.78, 5) is 24.6. The molecule has 1 N–H and O–H groups in total. The number of carbonyl (C=O) groups excluding carboxylic acids is 2. The van der Waals surface area contributed by atoms with Crippen LogP contribution in [0.25, 0.3) is 0 Å². The van der Waals surface area contributed by atoms with E-state index >= 15 is 0 Å². The van der Waals surface area contributed by atoms with Crippen LogP contribution in [0, 0.1) is 5.92 Å². The summed E-state index contributed by atoms with van der Waals surface area (Å²) in [6, 6.07) is -0.0764. The Morgan fingerprint density at radius 1 is 1.56 bits per heavy atom. The van der Waals surface area contributed by atoms with Crippen molar-refractivity contribution in [2.24, 2.45) is 5.92 Å². The van der Waals surface area contributed by atoms with E-state index in [4.69, 9.17) is 4.74 Å². The highest BCUT2D eigenvalue weighted by Crippen LogP contribution is 2.30. The fourth-order valence-electron chi connectivity index (χ4n) is 1.81. The number of carbonyl (C=O) groups is 2. The van der Waals surface area contributed by atoms with E-state index < -0.39 is 5.54 Å². The molecule has 16 heavy (non-hydrogen) atoms. The Morgan fingerprint density at radius 2 is 2.25 bits per heavy atom. The SMILES string of the molecule is CC(C)(COC(=O)C1CC1)N1CCNC1=O. The van der Waals surface area contributed by atoms with Gasteiger partial charge in [0.25, 0.3) is 0 Å². The summed E-state index contributed by atoms with van der Waals surface area (Å²) >= 11 is 0. The molecular weight excluding hydrogens is 208 g/mol. The number of rotatable bonds is 4. The van der Waals surface area contributed by atoms with Crippen molar-refractivity contribution in [1.29, 1.82) is 0 Å². The maximum Gasteiger partial charge on any atom is 0.318 e. The summed E-state index contributed by atoms with van der Waals surface area (Å²) in [7, 11) is 0. The van der Waals surface area contributed by atoms with Crippen LogP contribution in [-0.2, 0) is 9.53 Å². The topological polar surface area (TPSA) is 58.6 Å². The minimum absolute atomic E-state index is 0.0764. The summed E-state index contributed by atoms with van der Waals surface area (Å²) in [5, 5.41) is 2.74. The van der Waals surface area contributed by atoms with Gasteiger partial charge in [0, 0.05) is 13.1 Å². The van der Waals surface area contributed by atoms with Crippen LogP contribution in [0.5, 0.6) is 0 Å². The second-order valence-electron chi connectivity index (χ2n) is 5.08. The van der Waals surface area contributed by atoms with E-state index in [0.29, 0.717) is 13.1 Å². The maximum absolute atomic E-state index is 11.5. The molecule has 0 aromatic heterocycles. The first-order chi connectivity index (χ1) is 7.50. The van der Waals surface area contributed by atoms with Crippen LogP contribution in [0.1, 0.15) is 26.7 Å². The second kappa shape index (κ2) is 3.96. The minimum Gasteiger partial charge on any atom is -0.463 e. The molecule has 90 valence electrons. The van der Waals surface area contributed by atoms with Crippen LogP contribution >= 0.6 is 0 Å². The predicted molar refractivity (Wildman–Crippen MR) is 57.9 cm³/mol. The Hall–Kier alpha value is -1.26. The molecule has 1 heterocycles. The molecule has 5 nitrogen and oxygen atoms in total. The number of hydrogen-bond donors (Lipinski definition) is 1. The molecule has 1 aliphatic heterocycles.